The van der Waals surface area contributed by atoms with Crippen molar-refractivity contribution in [2.45, 2.75) is 6.54 Å². The molecule has 0 fully saturated rings. The maximum Gasteiger partial charge on any atom is 0.328 e. The van der Waals surface area contributed by atoms with Crippen LogP contribution in [0.1, 0.15) is 5.56 Å². The molecule has 0 spiro atoms. The molecule has 4 N–H and O–H groups in total. The number of nitrogens with one attached hydrogen (secondary N) is 2. The first-order chi connectivity index (χ1) is 8.60. The Labute approximate surface area is 100 Å². The van der Waals surface area contributed by atoms with E-state index in [0.29, 0.717) is 11.4 Å². The number of nitrogen functional groups attached to an aromatic ring is 1. The Bertz CT molecular complexity index is 678. The van der Waals surface area contributed by atoms with Gasteiger partial charge in [-0.05, 0) is 17.7 Å². The Morgan fingerprint density at radius 3 is 3.00 bits per heavy atom. The lowest BCUT2D eigenvalue weighted by Gasteiger charge is -2.06. The number of hydrogen-bond acceptors (Lipinski definition) is 5. The third-order valence-corrected chi connectivity index (χ3v) is 2.29. The zero-order chi connectivity index (χ0) is 13.1. The standard InChI is InChI=1S/C10H10FN5O2/c11-7-5-16(10(18)14-9(7)17)4-6-1-2-13-8(3-6)15-12/h1-3,5H,4,12H2,(H,13,15)(H,14,17,18). The molecule has 94 valence electrons. The lowest BCUT2D eigenvalue weighted by atomic mass is 10.2. The Kier molecular flexibility index (Phi) is 3.20. The van der Waals surface area contributed by atoms with Crippen molar-refractivity contribution >= 4 is 5.82 Å². The number of halogens is 1. The Balaban J connectivity index is 2.36. The van der Waals surface area contributed by atoms with Crippen LogP contribution in [0.3, 0.4) is 0 Å². The minimum absolute atomic E-state index is 0.101. The van der Waals surface area contributed by atoms with Crippen molar-refractivity contribution in [2.75, 3.05) is 5.43 Å². The zero-order valence-corrected chi connectivity index (χ0v) is 9.18. The average molecular weight is 251 g/mol. The van der Waals surface area contributed by atoms with Gasteiger partial charge in [0.25, 0.3) is 5.56 Å². The van der Waals surface area contributed by atoms with Gasteiger partial charge in [0.1, 0.15) is 5.82 Å². The van der Waals surface area contributed by atoms with E-state index < -0.39 is 17.1 Å². The second kappa shape index (κ2) is 4.80. The molecule has 2 heterocycles. The van der Waals surface area contributed by atoms with Crippen LogP contribution in [0.15, 0.2) is 34.1 Å². The molecule has 2 aromatic rings. The molecule has 0 saturated carbocycles. The summed E-state index contributed by atoms with van der Waals surface area (Å²) in [6, 6.07) is 3.26. The fourth-order valence-electron chi connectivity index (χ4n) is 1.45. The Morgan fingerprint density at radius 2 is 2.28 bits per heavy atom. The number of H-pyrrole nitrogens is 1. The molecular weight excluding hydrogens is 241 g/mol. The van der Waals surface area contributed by atoms with Gasteiger partial charge < -0.3 is 5.43 Å². The highest BCUT2D eigenvalue weighted by molar-refractivity contribution is 5.35. The van der Waals surface area contributed by atoms with E-state index in [1.54, 1.807) is 12.1 Å². The van der Waals surface area contributed by atoms with Crippen LogP contribution >= 0.6 is 0 Å². The molecule has 0 unspecified atom stereocenters. The van der Waals surface area contributed by atoms with Gasteiger partial charge in [-0.2, -0.15) is 4.39 Å². The summed E-state index contributed by atoms with van der Waals surface area (Å²) in [5.41, 5.74) is 1.33. The summed E-state index contributed by atoms with van der Waals surface area (Å²) in [7, 11) is 0. The fraction of sp³-hybridized carbons (Fsp3) is 0.100. The monoisotopic (exact) mass is 251 g/mol. The first-order valence-electron chi connectivity index (χ1n) is 5.01. The van der Waals surface area contributed by atoms with E-state index in [0.717, 1.165) is 10.8 Å². The maximum atomic E-state index is 13.1. The van der Waals surface area contributed by atoms with Crippen molar-refractivity contribution in [1.29, 1.82) is 0 Å². The molecule has 0 amide bonds. The minimum Gasteiger partial charge on any atom is -0.308 e. The van der Waals surface area contributed by atoms with E-state index in [1.165, 1.54) is 6.20 Å². The number of pyridine rings is 1. The normalized spacial score (nSPS) is 10.3. The van der Waals surface area contributed by atoms with Crippen LogP contribution < -0.4 is 22.5 Å². The highest BCUT2D eigenvalue weighted by atomic mass is 19.1. The van der Waals surface area contributed by atoms with Crippen LogP contribution in [0.25, 0.3) is 0 Å². The van der Waals surface area contributed by atoms with Crippen molar-refractivity contribution in [3.63, 3.8) is 0 Å². The van der Waals surface area contributed by atoms with E-state index in [2.05, 4.69) is 10.4 Å². The topological polar surface area (TPSA) is 106 Å². The van der Waals surface area contributed by atoms with Gasteiger partial charge in [0.05, 0.1) is 12.7 Å². The molecule has 0 bridgehead atoms. The number of anilines is 1. The van der Waals surface area contributed by atoms with Crippen LogP contribution in [0.2, 0.25) is 0 Å². The molecule has 0 aliphatic heterocycles. The van der Waals surface area contributed by atoms with Gasteiger partial charge in [0.2, 0.25) is 5.82 Å². The highest BCUT2D eigenvalue weighted by Crippen LogP contribution is 2.06. The van der Waals surface area contributed by atoms with Crippen molar-refractivity contribution in [3.8, 4) is 0 Å². The molecule has 0 aliphatic rings. The van der Waals surface area contributed by atoms with Crippen LogP contribution in [0.5, 0.6) is 0 Å². The maximum absolute atomic E-state index is 13.1. The van der Waals surface area contributed by atoms with Crippen molar-refractivity contribution in [2.24, 2.45) is 5.84 Å². The quantitative estimate of drug-likeness (QED) is 0.499. The first kappa shape index (κ1) is 12.0. The van der Waals surface area contributed by atoms with Gasteiger partial charge in [-0.25, -0.2) is 15.6 Å². The van der Waals surface area contributed by atoms with E-state index >= 15 is 0 Å². The Morgan fingerprint density at radius 1 is 1.50 bits per heavy atom. The van der Waals surface area contributed by atoms with E-state index in [4.69, 9.17) is 5.84 Å². The largest absolute Gasteiger partial charge is 0.328 e. The third-order valence-electron chi connectivity index (χ3n) is 2.29. The number of rotatable bonds is 3. The molecule has 18 heavy (non-hydrogen) atoms. The van der Waals surface area contributed by atoms with Crippen molar-refractivity contribution in [3.05, 3.63) is 56.7 Å². The van der Waals surface area contributed by atoms with E-state index in [-0.39, 0.29) is 6.54 Å². The lowest BCUT2D eigenvalue weighted by molar-refractivity contribution is 0.566. The molecule has 2 aromatic heterocycles. The predicted molar refractivity (Wildman–Crippen MR) is 62.4 cm³/mol. The molecule has 0 aromatic carbocycles. The van der Waals surface area contributed by atoms with Gasteiger partial charge in [-0.15, -0.1) is 0 Å². The zero-order valence-electron chi connectivity index (χ0n) is 9.18. The van der Waals surface area contributed by atoms with Gasteiger partial charge in [-0.3, -0.25) is 14.3 Å². The van der Waals surface area contributed by atoms with Crippen LogP contribution in [-0.2, 0) is 6.54 Å². The summed E-state index contributed by atoms with van der Waals surface area (Å²) in [6.07, 6.45) is 2.36. The Hall–Kier alpha value is -2.48. The number of hydrogen-bond donors (Lipinski definition) is 3. The summed E-state index contributed by atoms with van der Waals surface area (Å²) in [6.45, 7) is 0.101. The SMILES string of the molecule is NNc1cc(Cn2cc(F)c(=O)[nH]c2=O)ccn1. The summed E-state index contributed by atoms with van der Waals surface area (Å²) < 4.78 is 14.1. The molecule has 0 radical (unpaired) electrons. The number of nitrogens with two attached hydrogens (primary N) is 1. The molecule has 0 aliphatic carbocycles. The fourth-order valence-corrected chi connectivity index (χ4v) is 1.45. The second-order valence-electron chi connectivity index (χ2n) is 3.56. The third kappa shape index (κ3) is 2.43. The van der Waals surface area contributed by atoms with E-state index in [1.807, 2.05) is 4.98 Å². The minimum atomic E-state index is -1.03. The predicted octanol–water partition coefficient (Wildman–Crippen LogP) is -0.595. The first-order valence-corrected chi connectivity index (χ1v) is 5.01. The molecule has 0 saturated heterocycles. The average Bonchev–Trinajstić information content (AvgIpc) is 2.36. The molecule has 0 atom stereocenters. The highest BCUT2D eigenvalue weighted by Gasteiger charge is 2.04. The van der Waals surface area contributed by atoms with Crippen LogP contribution in [-0.4, -0.2) is 14.5 Å². The molecule has 7 nitrogen and oxygen atoms in total. The van der Waals surface area contributed by atoms with E-state index in [9.17, 15) is 14.0 Å². The van der Waals surface area contributed by atoms with Crippen LogP contribution in [0, 0.1) is 5.82 Å². The summed E-state index contributed by atoms with van der Waals surface area (Å²) in [5.74, 6) is 4.61. The van der Waals surface area contributed by atoms with Gasteiger partial charge >= 0.3 is 5.69 Å². The molecule has 8 heteroatoms. The van der Waals surface area contributed by atoms with Crippen LogP contribution in [0.4, 0.5) is 10.2 Å². The number of nitrogens with zero attached hydrogens (tertiary/aromatic N) is 2. The van der Waals surface area contributed by atoms with Crippen molar-refractivity contribution < 1.29 is 4.39 Å². The number of aromatic nitrogens is 3. The summed E-state index contributed by atoms with van der Waals surface area (Å²) in [4.78, 5) is 28.1. The molecule has 2 rings (SSSR count). The number of aromatic amines is 1. The van der Waals surface area contributed by atoms with Gasteiger partial charge in [-0.1, -0.05) is 0 Å². The molecular formula is C10H10FN5O2. The summed E-state index contributed by atoms with van der Waals surface area (Å²) >= 11 is 0. The number of hydrazine groups is 1. The summed E-state index contributed by atoms with van der Waals surface area (Å²) in [5, 5.41) is 0. The smallest absolute Gasteiger partial charge is 0.308 e. The van der Waals surface area contributed by atoms with Crippen molar-refractivity contribution in [1.82, 2.24) is 14.5 Å². The second-order valence-corrected chi connectivity index (χ2v) is 3.56. The van der Waals surface area contributed by atoms with Gasteiger partial charge in [0.15, 0.2) is 0 Å². The lowest BCUT2D eigenvalue weighted by Crippen LogP contribution is -2.31. The van der Waals surface area contributed by atoms with Gasteiger partial charge in [0, 0.05) is 6.20 Å².